The van der Waals surface area contributed by atoms with Gasteiger partial charge in [0.05, 0.1) is 5.75 Å². The van der Waals surface area contributed by atoms with Crippen LogP contribution in [0.2, 0.25) is 0 Å². The third-order valence-corrected chi connectivity index (χ3v) is 6.89. The molecule has 0 radical (unpaired) electrons. The van der Waals surface area contributed by atoms with Crippen molar-refractivity contribution in [1.82, 2.24) is 15.5 Å². The Morgan fingerprint density at radius 1 is 1.22 bits per heavy atom. The first-order chi connectivity index (χ1) is 13.2. The van der Waals surface area contributed by atoms with Crippen molar-refractivity contribution in [2.45, 2.75) is 31.0 Å². The van der Waals surface area contributed by atoms with Crippen molar-refractivity contribution in [3.63, 3.8) is 0 Å². The number of amides is 1. The Balaban J connectivity index is 1.47. The van der Waals surface area contributed by atoms with Crippen LogP contribution in [0.4, 0.5) is 10.8 Å². The summed E-state index contributed by atoms with van der Waals surface area (Å²) in [6.45, 7) is 4.88. The minimum Gasteiger partial charge on any atom is -0.355 e. The minimum atomic E-state index is 0.0217. The number of benzene rings is 1. The number of hydrogen-bond acceptors (Lipinski definition) is 7. The van der Waals surface area contributed by atoms with E-state index in [1.54, 1.807) is 11.3 Å². The molecule has 0 bridgehead atoms. The number of aromatic nitrogens is 2. The maximum Gasteiger partial charge on any atom is 0.230 e. The third-order valence-electron chi connectivity index (χ3n) is 3.98. The van der Waals surface area contributed by atoms with Crippen molar-refractivity contribution in [3.8, 4) is 0 Å². The number of rotatable bonds is 9. The van der Waals surface area contributed by atoms with Gasteiger partial charge in [0, 0.05) is 17.1 Å². The maximum atomic E-state index is 12.0. The molecule has 2 heterocycles. The molecule has 1 aromatic carbocycles. The second kappa shape index (κ2) is 9.87. The zero-order chi connectivity index (χ0) is 19.1. The van der Waals surface area contributed by atoms with Crippen LogP contribution in [0.5, 0.6) is 0 Å². The van der Waals surface area contributed by atoms with Crippen molar-refractivity contribution in [1.29, 1.82) is 0 Å². The largest absolute Gasteiger partial charge is 0.355 e. The van der Waals surface area contributed by atoms with E-state index >= 15 is 0 Å². The number of para-hydroxylation sites is 1. The van der Waals surface area contributed by atoms with Crippen molar-refractivity contribution in [2.24, 2.45) is 0 Å². The molecule has 2 aromatic heterocycles. The van der Waals surface area contributed by atoms with Crippen LogP contribution in [0.3, 0.4) is 0 Å². The lowest BCUT2D eigenvalue weighted by Gasteiger charge is -2.11. The number of nitrogens with zero attached hydrogens (tertiary/aromatic N) is 2. The Kier molecular flexibility index (Phi) is 7.25. The Morgan fingerprint density at radius 3 is 2.89 bits per heavy atom. The molecule has 0 unspecified atom stereocenters. The van der Waals surface area contributed by atoms with Crippen molar-refractivity contribution >= 4 is 51.2 Å². The predicted molar refractivity (Wildman–Crippen MR) is 116 cm³/mol. The van der Waals surface area contributed by atoms with Gasteiger partial charge in [-0.25, -0.2) is 0 Å². The van der Waals surface area contributed by atoms with Crippen molar-refractivity contribution in [2.75, 3.05) is 17.6 Å². The predicted octanol–water partition coefficient (Wildman–Crippen LogP) is 4.67. The number of anilines is 2. The second-order valence-corrected chi connectivity index (χ2v) is 9.16. The summed E-state index contributed by atoms with van der Waals surface area (Å²) in [6.07, 6.45) is 1.83. The summed E-state index contributed by atoms with van der Waals surface area (Å²) in [6, 6.07) is 10.4. The van der Waals surface area contributed by atoms with E-state index in [4.69, 9.17) is 0 Å². The first kappa shape index (κ1) is 19.9. The van der Waals surface area contributed by atoms with Gasteiger partial charge in [-0.15, -0.1) is 21.5 Å². The maximum absolute atomic E-state index is 12.0. The molecule has 0 spiro atoms. The number of thiophene rings is 1. The number of nitrogens with one attached hydrogen (secondary N) is 2. The van der Waals surface area contributed by atoms with Crippen molar-refractivity contribution < 1.29 is 4.79 Å². The molecule has 3 aromatic rings. The summed E-state index contributed by atoms with van der Waals surface area (Å²) < 4.78 is 0.789. The van der Waals surface area contributed by atoms with E-state index < -0.39 is 0 Å². The Morgan fingerprint density at radius 2 is 2.11 bits per heavy atom. The van der Waals surface area contributed by atoms with Gasteiger partial charge in [0.25, 0.3) is 0 Å². The molecule has 3 rings (SSSR count). The number of carbonyl (C=O) groups excluding carboxylic acids is 1. The highest BCUT2D eigenvalue weighted by Gasteiger charge is 2.11. The van der Waals surface area contributed by atoms with Gasteiger partial charge in [-0.3, -0.25) is 4.79 Å². The summed E-state index contributed by atoms with van der Waals surface area (Å²) in [5, 5.41) is 17.5. The first-order valence-corrected chi connectivity index (χ1v) is 11.4. The Bertz CT molecular complexity index is 877. The van der Waals surface area contributed by atoms with Gasteiger partial charge in [0.15, 0.2) is 4.34 Å². The minimum absolute atomic E-state index is 0.0217. The lowest BCUT2D eigenvalue weighted by molar-refractivity contribution is -0.118. The normalized spacial score (nSPS) is 10.7. The molecule has 8 heteroatoms. The molecule has 0 saturated carbocycles. The Labute approximate surface area is 171 Å². The molecule has 27 heavy (non-hydrogen) atoms. The van der Waals surface area contributed by atoms with E-state index in [-0.39, 0.29) is 5.91 Å². The average molecular weight is 419 g/mol. The van der Waals surface area contributed by atoms with Gasteiger partial charge in [-0.2, -0.15) is 0 Å². The molecule has 1 amide bonds. The second-order valence-electron chi connectivity index (χ2n) is 5.93. The molecule has 0 aliphatic carbocycles. The zero-order valence-corrected chi connectivity index (χ0v) is 17.8. The summed E-state index contributed by atoms with van der Waals surface area (Å²) in [7, 11) is 0. The fraction of sp³-hybridized carbons (Fsp3) is 0.316. The van der Waals surface area contributed by atoms with E-state index in [0.29, 0.717) is 12.3 Å². The smallest absolute Gasteiger partial charge is 0.230 e. The summed E-state index contributed by atoms with van der Waals surface area (Å²) >= 11 is 4.60. The molecule has 142 valence electrons. The average Bonchev–Trinajstić information content (AvgIpc) is 3.34. The highest BCUT2D eigenvalue weighted by molar-refractivity contribution is 8.01. The molecule has 2 N–H and O–H groups in total. The van der Waals surface area contributed by atoms with E-state index in [1.807, 2.05) is 6.07 Å². The van der Waals surface area contributed by atoms with Crippen LogP contribution in [0.1, 0.15) is 22.9 Å². The molecule has 0 atom stereocenters. The topological polar surface area (TPSA) is 66.9 Å². The molecule has 0 aliphatic heterocycles. The molecular weight excluding hydrogens is 396 g/mol. The van der Waals surface area contributed by atoms with Crippen LogP contribution < -0.4 is 10.6 Å². The number of carbonyl (C=O) groups is 1. The molecule has 5 nitrogen and oxygen atoms in total. The van der Waals surface area contributed by atoms with Crippen LogP contribution in [-0.4, -0.2) is 28.4 Å². The van der Waals surface area contributed by atoms with Gasteiger partial charge in [0.1, 0.15) is 0 Å². The van der Waals surface area contributed by atoms with Gasteiger partial charge in [-0.1, -0.05) is 54.3 Å². The zero-order valence-electron chi connectivity index (χ0n) is 15.3. The van der Waals surface area contributed by atoms with Crippen molar-refractivity contribution in [3.05, 3.63) is 51.7 Å². The lowest BCUT2D eigenvalue weighted by atomic mass is 10.1. The quantitative estimate of drug-likeness (QED) is 0.495. The van der Waals surface area contributed by atoms with Gasteiger partial charge >= 0.3 is 0 Å². The fourth-order valence-corrected chi connectivity index (χ4v) is 4.88. The van der Waals surface area contributed by atoms with Crippen LogP contribution in [0.25, 0.3) is 0 Å². The van der Waals surface area contributed by atoms with Crippen LogP contribution >= 0.6 is 34.4 Å². The highest BCUT2D eigenvalue weighted by atomic mass is 32.2. The van der Waals surface area contributed by atoms with E-state index in [1.165, 1.54) is 39.1 Å². The SMILES string of the molecule is CCc1cccc(C)c1Nc1nnc(SCC(=O)NCCc2cccs2)s1. The highest BCUT2D eigenvalue weighted by Crippen LogP contribution is 2.30. The van der Waals surface area contributed by atoms with Crippen LogP contribution in [0.15, 0.2) is 40.1 Å². The Hall–Kier alpha value is -1.90. The summed E-state index contributed by atoms with van der Waals surface area (Å²) in [5.41, 5.74) is 3.53. The van der Waals surface area contributed by atoms with E-state index in [0.717, 1.165) is 28.0 Å². The lowest BCUT2D eigenvalue weighted by Crippen LogP contribution is -2.27. The molecule has 0 fully saturated rings. The van der Waals surface area contributed by atoms with Gasteiger partial charge < -0.3 is 10.6 Å². The van der Waals surface area contributed by atoms with Crippen LogP contribution in [0, 0.1) is 6.92 Å². The summed E-state index contributed by atoms with van der Waals surface area (Å²) in [4.78, 5) is 13.3. The fourth-order valence-electron chi connectivity index (χ4n) is 2.59. The number of thioether (sulfide) groups is 1. The number of aryl methyl sites for hydroxylation is 2. The van der Waals surface area contributed by atoms with E-state index in [9.17, 15) is 4.79 Å². The number of hydrogen-bond donors (Lipinski definition) is 2. The van der Waals surface area contributed by atoms with Gasteiger partial charge in [-0.05, 0) is 42.3 Å². The van der Waals surface area contributed by atoms with Gasteiger partial charge in [0.2, 0.25) is 11.0 Å². The monoisotopic (exact) mass is 418 g/mol. The third kappa shape index (κ3) is 5.79. The summed E-state index contributed by atoms with van der Waals surface area (Å²) in [5.74, 6) is 0.373. The van der Waals surface area contributed by atoms with E-state index in [2.05, 4.69) is 64.3 Å². The molecule has 0 aliphatic rings. The molecular formula is C19H22N4OS3. The first-order valence-electron chi connectivity index (χ1n) is 8.76. The van der Waals surface area contributed by atoms with Crippen LogP contribution in [-0.2, 0) is 17.6 Å². The standard InChI is InChI=1S/C19H22N4OS3/c1-3-14-7-4-6-13(2)17(14)21-18-22-23-19(27-18)26-12-16(24)20-10-9-15-8-5-11-25-15/h4-8,11H,3,9-10,12H2,1-2H3,(H,20,24)(H,21,22). The molecule has 0 saturated heterocycles.